The third-order valence-corrected chi connectivity index (χ3v) is 3.76. The fourth-order valence-electron chi connectivity index (χ4n) is 1.73. The second-order valence-electron chi connectivity index (χ2n) is 5.75. The first-order valence-electron chi connectivity index (χ1n) is 6.83. The summed E-state index contributed by atoms with van der Waals surface area (Å²) in [4.78, 5) is 11.8. The minimum Gasteiger partial charge on any atom is -0.351 e. The zero-order chi connectivity index (χ0) is 16.2. The molecule has 0 aliphatic rings. The fourth-order valence-corrected chi connectivity index (χ4v) is 2.68. The van der Waals surface area contributed by atoms with Crippen LogP contribution >= 0.6 is 23.4 Å². The van der Waals surface area contributed by atoms with E-state index in [4.69, 9.17) is 11.6 Å². The lowest BCUT2D eigenvalue weighted by molar-refractivity contribution is -0.122. The Kier molecular flexibility index (Phi) is 5.42. The van der Waals surface area contributed by atoms with Gasteiger partial charge in [0.2, 0.25) is 11.1 Å². The SMILES string of the molecule is CC(C)(C)NC(=O)CCSc1nnnn1-c1ccc(Cl)cc1. The second-order valence-corrected chi connectivity index (χ2v) is 7.24. The number of amides is 1. The van der Waals surface area contributed by atoms with Crippen molar-refractivity contribution in [3.8, 4) is 5.69 Å². The van der Waals surface area contributed by atoms with E-state index in [1.54, 1.807) is 16.8 Å². The maximum Gasteiger partial charge on any atom is 0.221 e. The average molecular weight is 340 g/mol. The number of thioether (sulfide) groups is 1. The molecule has 8 heteroatoms. The Morgan fingerprint density at radius 3 is 2.64 bits per heavy atom. The van der Waals surface area contributed by atoms with Crippen LogP contribution in [0, 0.1) is 0 Å². The zero-order valence-electron chi connectivity index (χ0n) is 12.7. The first-order chi connectivity index (χ1) is 10.3. The molecule has 6 nitrogen and oxygen atoms in total. The summed E-state index contributed by atoms with van der Waals surface area (Å²) in [7, 11) is 0. The van der Waals surface area contributed by atoms with Crippen molar-refractivity contribution in [3.05, 3.63) is 29.3 Å². The summed E-state index contributed by atoms with van der Waals surface area (Å²) in [6, 6.07) is 7.25. The van der Waals surface area contributed by atoms with Gasteiger partial charge in [-0.2, -0.15) is 4.68 Å². The van der Waals surface area contributed by atoms with Gasteiger partial charge < -0.3 is 5.32 Å². The van der Waals surface area contributed by atoms with Gasteiger partial charge in [-0.15, -0.1) is 5.10 Å². The van der Waals surface area contributed by atoms with E-state index in [1.165, 1.54) is 11.8 Å². The van der Waals surface area contributed by atoms with Crippen molar-refractivity contribution in [1.82, 2.24) is 25.5 Å². The van der Waals surface area contributed by atoms with Crippen molar-refractivity contribution in [2.24, 2.45) is 0 Å². The van der Waals surface area contributed by atoms with E-state index in [2.05, 4.69) is 20.8 Å². The van der Waals surface area contributed by atoms with Crippen LogP contribution in [0.15, 0.2) is 29.4 Å². The van der Waals surface area contributed by atoms with Crippen LogP contribution in [-0.4, -0.2) is 37.4 Å². The number of tetrazole rings is 1. The van der Waals surface area contributed by atoms with Crippen LogP contribution in [0.2, 0.25) is 5.02 Å². The minimum absolute atomic E-state index is 0.0190. The van der Waals surface area contributed by atoms with Gasteiger partial charge in [0, 0.05) is 22.7 Å². The molecule has 2 rings (SSSR count). The number of aromatic nitrogens is 4. The summed E-state index contributed by atoms with van der Waals surface area (Å²) >= 11 is 7.31. The summed E-state index contributed by atoms with van der Waals surface area (Å²) in [6.45, 7) is 5.87. The molecule has 0 unspecified atom stereocenters. The number of nitrogens with zero attached hydrogens (tertiary/aromatic N) is 4. The first-order valence-corrected chi connectivity index (χ1v) is 8.20. The third kappa shape index (κ3) is 4.99. The van der Waals surface area contributed by atoms with E-state index in [0.29, 0.717) is 22.4 Å². The largest absolute Gasteiger partial charge is 0.351 e. The Hall–Kier alpha value is -1.60. The molecule has 0 radical (unpaired) electrons. The number of rotatable bonds is 5. The molecule has 1 heterocycles. The molecule has 1 amide bonds. The Balaban J connectivity index is 1.93. The molecule has 1 aromatic carbocycles. The maximum absolute atomic E-state index is 11.8. The van der Waals surface area contributed by atoms with Crippen molar-refractivity contribution in [3.63, 3.8) is 0 Å². The first kappa shape index (κ1) is 16.8. The standard InChI is InChI=1S/C14H18ClN5OS/c1-14(2,3)16-12(21)8-9-22-13-17-18-19-20(13)11-6-4-10(15)5-7-11/h4-7H,8-9H2,1-3H3,(H,16,21). The number of carbonyl (C=O) groups is 1. The van der Waals surface area contributed by atoms with Crippen LogP contribution < -0.4 is 5.32 Å². The Morgan fingerprint density at radius 1 is 1.32 bits per heavy atom. The van der Waals surface area contributed by atoms with Crippen LogP contribution in [0.3, 0.4) is 0 Å². The Morgan fingerprint density at radius 2 is 2.00 bits per heavy atom. The highest BCUT2D eigenvalue weighted by Crippen LogP contribution is 2.20. The highest BCUT2D eigenvalue weighted by atomic mass is 35.5. The van der Waals surface area contributed by atoms with E-state index in [0.717, 1.165) is 5.69 Å². The predicted molar refractivity (Wildman–Crippen MR) is 87.4 cm³/mol. The van der Waals surface area contributed by atoms with Crippen LogP contribution in [0.25, 0.3) is 5.69 Å². The molecule has 1 N–H and O–H groups in total. The quantitative estimate of drug-likeness (QED) is 0.848. The summed E-state index contributed by atoms with van der Waals surface area (Å²) in [5, 5.41) is 15.9. The molecule has 0 atom stereocenters. The van der Waals surface area contributed by atoms with Crippen LogP contribution in [0.5, 0.6) is 0 Å². The smallest absolute Gasteiger partial charge is 0.221 e. The van der Waals surface area contributed by atoms with Gasteiger partial charge in [-0.25, -0.2) is 0 Å². The van der Waals surface area contributed by atoms with Gasteiger partial charge in [0.05, 0.1) is 5.69 Å². The molecule has 118 valence electrons. The van der Waals surface area contributed by atoms with Gasteiger partial charge in [-0.3, -0.25) is 4.79 Å². The summed E-state index contributed by atoms with van der Waals surface area (Å²) in [6.07, 6.45) is 0.412. The third-order valence-electron chi connectivity index (χ3n) is 2.59. The highest BCUT2D eigenvalue weighted by molar-refractivity contribution is 7.99. The maximum atomic E-state index is 11.8. The van der Waals surface area contributed by atoms with Crippen molar-refractivity contribution < 1.29 is 4.79 Å². The lowest BCUT2D eigenvalue weighted by Crippen LogP contribution is -2.40. The van der Waals surface area contributed by atoms with Crippen molar-refractivity contribution in [2.45, 2.75) is 37.9 Å². The monoisotopic (exact) mass is 339 g/mol. The second kappa shape index (κ2) is 7.11. The van der Waals surface area contributed by atoms with Crippen molar-refractivity contribution >= 4 is 29.3 Å². The van der Waals surface area contributed by atoms with Crippen molar-refractivity contribution in [2.75, 3.05) is 5.75 Å². The average Bonchev–Trinajstić information content (AvgIpc) is 2.86. The van der Waals surface area contributed by atoms with Crippen LogP contribution in [0.4, 0.5) is 0 Å². The molecule has 0 aliphatic carbocycles. The summed E-state index contributed by atoms with van der Waals surface area (Å²) in [5.41, 5.74) is 0.614. The molecule has 1 aromatic heterocycles. The number of carbonyl (C=O) groups excluding carboxylic acids is 1. The van der Waals surface area contributed by atoms with Gasteiger partial charge in [0.1, 0.15) is 0 Å². The fraction of sp³-hybridized carbons (Fsp3) is 0.429. The molecule has 0 saturated carbocycles. The van der Waals surface area contributed by atoms with E-state index >= 15 is 0 Å². The van der Waals surface area contributed by atoms with Gasteiger partial charge in [0.15, 0.2) is 0 Å². The summed E-state index contributed by atoms with van der Waals surface area (Å²) in [5.74, 6) is 0.626. The molecule has 0 aliphatic heterocycles. The number of benzene rings is 1. The van der Waals surface area contributed by atoms with Crippen molar-refractivity contribution in [1.29, 1.82) is 0 Å². The molecular formula is C14H18ClN5OS. The van der Waals surface area contributed by atoms with E-state index in [-0.39, 0.29) is 11.4 Å². The number of hydrogen-bond acceptors (Lipinski definition) is 5. The lowest BCUT2D eigenvalue weighted by Gasteiger charge is -2.20. The minimum atomic E-state index is -0.216. The molecular weight excluding hydrogens is 322 g/mol. The summed E-state index contributed by atoms with van der Waals surface area (Å²) < 4.78 is 1.63. The van der Waals surface area contributed by atoms with E-state index in [1.807, 2.05) is 32.9 Å². The number of halogens is 1. The highest BCUT2D eigenvalue weighted by Gasteiger charge is 2.14. The molecule has 0 saturated heterocycles. The molecule has 0 bridgehead atoms. The molecule has 0 fully saturated rings. The molecule has 22 heavy (non-hydrogen) atoms. The van der Waals surface area contributed by atoms with E-state index < -0.39 is 0 Å². The predicted octanol–water partition coefficient (Wildman–Crippen LogP) is 2.71. The normalized spacial score (nSPS) is 11.5. The molecule has 2 aromatic rings. The zero-order valence-corrected chi connectivity index (χ0v) is 14.3. The van der Waals surface area contributed by atoms with Gasteiger partial charge in [0.25, 0.3) is 0 Å². The number of nitrogens with one attached hydrogen (secondary N) is 1. The van der Waals surface area contributed by atoms with Crippen LogP contribution in [0.1, 0.15) is 27.2 Å². The lowest BCUT2D eigenvalue weighted by atomic mass is 10.1. The van der Waals surface area contributed by atoms with Crippen LogP contribution in [-0.2, 0) is 4.79 Å². The Labute approximate surface area is 138 Å². The van der Waals surface area contributed by atoms with E-state index in [9.17, 15) is 4.79 Å². The molecule has 0 spiro atoms. The van der Waals surface area contributed by atoms with Gasteiger partial charge in [-0.1, -0.05) is 23.4 Å². The number of hydrogen-bond donors (Lipinski definition) is 1. The topological polar surface area (TPSA) is 72.7 Å². The van der Waals surface area contributed by atoms with Gasteiger partial charge in [-0.05, 0) is 55.5 Å². The Bertz CT molecular complexity index is 635. The van der Waals surface area contributed by atoms with Gasteiger partial charge >= 0.3 is 0 Å².